The van der Waals surface area contributed by atoms with Crippen LogP contribution in [0.1, 0.15) is 0 Å². The Bertz CT molecular complexity index is 379. The molecule has 0 bridgehead atoms. The maximum atomic E-state index is 9.13. The highest BCUT2D eigenvalue weighted by molar-refractivity contribution is 5.83. The van der Waals surface area contributed by atoms with Crippen molar-refractivity contribution in [3.8, 4) is 5.75 Å². The minimum absolute atomic E-state index is 0.323. The van der Waals surface area contributed by atoms with Crippen LogP contribution in [0.15, 0.2) is 42.5 Å². The van der Waals surface area contributed by atoms with Gasteiger partial charge in [-0.25, -0.2) is 0 Å². The standard InChI is InChI=1S/C10H8O/c11-10-6-5-8-3-1-2-4-9(8)7-10/h1-7,11H/i4+2. The van der Waals surface area contributed by atoms with Crippen molar-refractivity contribution in [2.45, 2.75) is 0 Å². The van der Waals surface area contributed by atoms with Gasteiger partial charge in [0, 0.05) is 0 Å². The summed E-state index contributed by atoms with van der Waals surface area (Å²) in [7, 11) is 0. The minimum Gasteiger partial charge on any atom is -0.508 e. The number of hydrogen-bond donors (Lipinski definition) is 1. The monoisotopic (exact) mass is 146 g/mol. The predicted octanol–water partition coefficient (Wildman–Crippen LogP) is 2.55. The summed E-state index contributed by atoms with van der Waals surface area (Å²) in [6, 6.07) is 13.3. The summed E-state index contributed by atoms with van der Waals surface area (Å²) >= 11 is 0. The van der Waals surface area contributed by atoms with Gasteiger partial charge in [-0.15, -0.1) is 0 Å². The molecule has 2 aromatic carbocycles. The second kappa shape index (κ2) is 2.27. The molecule has 1 N–H and O–H groups in total. The van der Waals surface area contributed by atoms with Gasteiger partial charge < -0.3 is 5.11 Å². The lowest BCUT2D eigenvalue weighted by Gasteiger charge is -1.96. The number of fused-ring (bicyclic) bond motifs is 1. The van der Waals surface area contributed by atoms with E-state index in [1.807, 2.05) is 30.3 Å². The Morgan fingerprint density at radius 2 is 2.09 bits per heavy atom. The average molecular weight is 146 g/mol. The summed E-state index contributed by atoms with van der Waals surface area (Å²) in [4.78, 5) is 0. The fraction of sp³-hybridized carbons (Fsp3) is 0. The molecule has 0 amide bonds. The van der Waals surface area contributed by atoms with Crippen LogP contribution in [0.5, 0.6) is 5.75 Å². The Kier molecular flexibility index (Phi) is 1.29. The second-order valence-electron chi connectivity index (χ2n) is 2.53. The van der Waals surface area contributed by atoms with Crippen LogP contribution in [-0.2, 0) is 0 Å². The SMILES string of the molecule is Oc1ccc2ccc[14cH]c2c1. The second-order valence-corrected chi connectivity index (χ2v) is 2.53. The van der Waals surface area contributed by atoms with E-state index in [1.165, 1.54) is 0 Å². The molecule has 0 aliphatic rings. The maximum absolute atomic E-state index is 9.13. The fourth-order valence-corrected chi connectivity index (χ4v) is 1.18. The summed E-state index contributed by atoms with van der Waals surface area (Å²) in [5, 5.41) is 11.4. The van der Waals surface area contributed by atoms with Gasteiger partial charge in [0.2, 0.25) is 0 Å². The first kappa shape index (κ1) is 6.23. The van der Waals surface area contributed by atoms with Crippen LogP contribution < -0.4 is 0 Å². The number of hydrogen-bond acceptors (Lipinski definition) is 1. The molecule has 1 heteroatoms. The Morgan fingerprint density at radius 1 is 1.18 bits per heavy atom. The lowest BCUT2D eigenvalue weighted by molar-refractivity contribution is 0.476. The number of benzene rings is 2. The Balaban J connectivity index is 2.83. The van der Waals surface area contributed by atoms with Gasteiger partial charge in [-0.3, -0.25) is 0 Å². The lowest BCUT2D eigenvalue weighted by Crippen LogP contribution is -1.69. The molecule has 2 rings (SSSR count). The van der Waals surface area contributed by atoms with Gasteiger partial charge in [-0.2, -0.15) is 0 Å². The van der Waals surface area contributed by atoms with Gasteiger partial charge in [0.1, 0.15) is 5.75 Å². The van der Waals surface area contributed by atoms with E-state index in [1.54, 1.807) is 12.1 Å². The largest absolute Gasteiger partial charge is 0.508 e. The van der Waals surface area contributed by atoms with Gasteiger partial charge >= 0.3 is 0 Å². The molecular formula is C10H8O. The third-order valence-electron chi connectivity index (χ3n) is 1.73. The van der Waals surface area contributed by atoms with Crippen molar-refractivity contribution >= 4 is 10.8 Å². The van der Waals surface area contributed by atoms with Gasteiger partial charge in [-0.1, -0.05) is 30.3 Å². The van der Waals surface area contributed by atoms with E-state index in [9.17, 15) is 0 Å². The number of rotatable bonds is 0. The van der Waals surface area contributed by atoms with Crippen LogP contribution in [0.3, 0.4) is 0 Å². The van der Waals surface area contributed by atoms with Crippen LogP contribution >= 0.6 is 0 Å². The Labute approximate surface area is 64.9 Å². The molecule has 11 heavy (non-hydrogen) atoms. The number of aromatic hydroxyl groups is 1. The summed E-state index contributed by atoms with van der Waals surface area (Å²) in [5.74, 6) is 0.323. The molecule has 0 fully saturated rings. The van der Waals surface area contributed by atoms with Gasteiger partial charge in [-0.05, 0) is 22.9 Å². The van der Waals surface area contributed by atoms with Crippen LogP contribution in [0, 0.1) is 0 Å². The van der Waals surface area contributed by atoms with Crippen molar-refractivity contribution in [3.05, 3.63) is 42.5 Å². The fourth-order valence-electron chi connectivity index (χ4n) is 1.18. The molecule has 0 saturated carbocycles. The summed E-state index contributed by atoms with van der Waals surface area (Å²) < 4.78 is 0. The van der Waals surface area contributed by atoms with Crippen molar-refractivity contribution < 1.29 is 5.11 Å². The van der Waals surface area contributed by atoms with Gasteiger partial charge in [0.05, 0.1) is 0 Å². The van der Waals surface area contributed by atoms with Crippen molar-refractivity contribution in [1.82, 2.24) is 0 Å². The zero-order chi connectivity index (χ0) is 7.68. The first-order valence-corrected chi connectivity index (χ1v) is 3.54. The molecule has 0 unspecified atom stereocenters. The molecule has 2 aromatic rings. The molecule has 0 aromatic heterocycles. The first-order valence-electron chi connectivity index (χ1n) is 3.54. The van der Waals surface area contributed by atoms with E-state index in [4.69, 9.17) is 5.11 Å². The van der Waals surface area contributed by atoms with E-state index in [0.29, 0.717) is 5.75 Å². The molecule has 0 atom stereocenters. The van der Waals surface area contributed by atoms with Gasteiger partial charge in [0.15, 0.2) is 0 Å². The molecule has 0 saturated heterocycles. The minimum atomic E-state index is 0.323. The normalized spacial score (nSPS) is 10.2. The summed E-state index contributed by atoms with van der Waals surface area (Å²) in [5.41, 5.74) is 0. The zero-order valence-electron chi connectivity index (χ0n) is 5.99. The van der Waals surface area contributed by atoms with E-state index in [-0.39, 0.29) is 0 Å². The van der Waals surface area contributed by atoms with Crippen LogP contribution in [0.4, 0.5) is 0 Å². The van der Waals surface area contributed by atoms with Crippen molar-refractivity contribution in [1.29, 1.82) is 0 Å². The van der Waals surface area contributed by atoms with E-state index in [0.717, 1.165) is 10.8 Å². The van der Waals surface area contributed by atoms with Crippen molar-refractivity contribution in [2.75, 3.05) is 0 Å². The highest BCUT2D eigenvalue weighted by Gasteiger charge is 1.91. The van der Waals surface area contributed by atoms with Crippen molar-refractivity contribution in [2.24, 2.45) is 0 Å². The van der Waals surface area contributed by atoms with Crippen LogP contribution in [0.25, 0.3) is 10.8 Å². The smallest absolute Gasteiger partial charge is 0.116 e. The van der Waals surface area contributed by atoms with Crippen molar-refractivity contribution in [3.63, 3.8) is 0 Å². The highest BCUT2D eigenvalue weighted by Crippen LogP contribution is 2.18. The lowest BCUT2D eigenvalue weighted by atomic mass is 10.2. The Morgan fingerprint density at radius 3 is 3.00 bits per heavy atom. The predicted molar refractivity (Wildman–Crippen MR) is 45.6 cm³/mol. The third-order valence-corrected chi connectivity index (χ3v) is 1.73. The molecule has 54 valence electrons. The first-order chi connectivity index (χ1) is 5.36. The molecular weight excluding hydrogens is 138 g/mol. The van der Waals surface area contributed by atoms with Crippen LogP contribution in [0.2, 0.25) is 0 Å². The topological polar surface area (TPSA) is 20.2 Å². The Hall–Kier alpha value is -1.50. The molecule has 1 nitrogen and oxygen atoms in total. The molecule has 0 aliphatic heterocycles. The number of phenolic OH excluding ortho intramolecular Hbond substituents is 1. The third kappa shape index (κ3) is 1.05. The zero-order valence-corrected chi connectivity index (χ0v) is 5.99. The summed E-state index contributed by atoms with van der Waals surface area (Å²) in [6.45, 7) is 0. The molecule has 0 spiro atoms. The van der Waals surface area contributed by atoms with E-state index in [2.05, 4.69) is 0 Å². The van der Waals surface area contributed by atoms with Crippen LogP contribution in [-0.4, -0.2) is 5.11 Å². The molecule has 0 radical (unpaired) electrons. The quantitative estimate of drug-likeness (QED) is 0.605. The highest BCUT2D eigenvalue weighted by atomic mass is 16.3. The van der Waals surface area contributed by atoms with Gasteiger partial charge in [0.25, 0.3) is 0 Å². The number of phenols is 1. The van der Waals surface area contributed by atoms with E-state index < -0.39 is 0 Å². The average Bonchev–Trinajstić information content (AvgIpc) is 2.04. The molecule has 0 heterocycles. The maximum Gasteiger partial charge on any atom is 0.116 e. The van der Waals surface area contributed by atoms with E-state index >= 15 is 0 Å². The summed E-state index contributed by atoms with van der Waals surface area (Å²) in [6.07, 6.45) is 0. The molecule has 0 aliphatic carbocycles.